The Kier molecular flexibility index (Phi) is 7.03. The van der Waals surface area contributed by atoms with Gasteiger partial charge in [-0.2, -0.15) is 0 Å². The van der Waals surface area contributed by atoms with E-state index < -0.39 is 5.66 Å². The molecule has 2 aromatic carbocycles. The molecule has 0 aliphatic carbocycles. The van der Waals surface area contributed by atoms with E-state index in [4.69, 9.17) is 17.0 Å². The Labute approximate surface area is 202 Å². The lowest BCUT2D eigenvalue weighted by Crippen LogP contribution is -2.65. The van der Waals surface area contributed by atoms with E-state index in [2.05, 4.69) is 47.9 Å². The van der Waals surface area contributed by atoms with Crippen LogP contribution < -0.4 is 14.7 Å². The quantitative estimate of drug-likeness (QED) is 0.340. The van der Waals surface area contributed by atoms with Crippen molar-refractivity contribution in [3.63, 3.8) is 0 Å². The van der Waals surface area contributed by atoms with Gasteiger partial charge in [0.2, 0.25) is 5.66 Å². The van der Waals surface area contributed by atoms with Crippen LogP contribution in [0.5, 0.6) is 0 Å². The van der Waals surface area contributed by atoms with Crippen molar-refractivity contribution in [1.29, 1.82) is 0 Å². The van der Waals surface area contributed by atoms with Crippen LogP contribution >= 0.6 is 12.2 Å². The van der Waals surface area contributed by atoms with Crippen molar-refractivity contribution >= 4 is 40.2 Å². The van der Waals surface area contributed by atoms with Crippen molar-refractivity contribution in [2.24, 2.45) is 0 Å². The predicted molar refractivity (Wildman–Crippen MR) is 140 cm³/mol. The van der Waals surface area contributed by atoms with E-state index in [1.165, 1.54) is 0 Å². The summed E-state index contributed by atoms with van der Waals surface area (Å²) >= 11 is 6.26. The lowest BCUT2D eigenvalue weighted by atomic mass is 9.98. The van der Waals surface area contributed by atoms with Crippen LogP contribution in [0.1, 0.15) is 46.5 Å². The van der Waals surface area contributed by atoms with Crippen molar-refractivity contribution in [3.05, 3.63) is 66.4 Å². The van der Waals surface area contributed by atoms with Gasteiger partial charge in [-0.25, -0.2) is 4.79 Å². The molecule has 0 atom stereocenters. The van der Waals surface area contributed by atoms with Gasteiger partial charge < -0.3 is 19.4 Å². The van der Waals surface area contributed by atoms with Crippen LogP contribution in [0.3, 0.4) is 0 Å². The van der Waals surface area contributed by atoms with Gasteiger partial charge in [-0.05, 0) is 44.0 Å². The summed E-state index contributed by atoms with van der Waals surface area (Å²) in [7, 11) is 0. The Hall–Kier alpha value is -2.86. The highest BCUT2D eigenvalue weighted by atomic mass is 32.1. The molecule has 0 unspecified atom stereocenters. The Morgan fingerprint density at radius 2 is 1.42 bits per heavy atom. The molecule has 0 fully saturated rings. The molecule has 1 spiro atoms. The van der Waals surface area contributed by atoms with E-state index >= 15 is 0 Å². The fourth-order valence-corrected chi connectivity index (χ4v) is 5.37. The van der Waals surface area contributed by atoms with Crippen molar-refractivity contribution in [2.75, 3.05) is 34.4 Å². The number of fused-ring (bicyclic) bond motifs is 1. The number of esters is 1. The minimum absolute atomic E-state index is 0.311. The van der Waals surface area contributed by atoms with Crippen molar-refractivity contribution in [1.82, 2.24) is 0 Å². The maximum atomic E-state index is 13.5. The molecule has 2 aliphatic heterocycles. The lowest BCUT2D eigenvalue weighted by molar-refractivity contribution is -0.139. The van der Waals surface area contributed by atoms with Crippen LogP contribution in [0.4, 0.5) is 17.1 Å². The first kappa shape index (κ1) is 23.3. The number of para-hydroxylation sites is 3. The molecule has 0 bridgehead atoms. The highest BCUT2D eigenvalue weighted by Crippen LogP contribution is 2.52. The molecule has 0 aromatic heterocycles. The molecule has 5 nitrogen and oxygen atoms in total. The number of carbonyl (C=O) groups is 1. The highest BCUT2D eigenvalue weighted by Gasteiger charge is 2.61. The van der Waals surface area contributed by atoms with E-state index in [0.717, 1.165) is 55.8 Å². The van der Waals surface area contributed by atoms with Crippen LogP contribution in [0.25, 0.3) is 0 Å². The normalized spacial score (nSPS) is 16.4. The monoisotopic (exact) mass is 463 g/mol. The van der Waals surface area contributed by atoms with Crippen LogP contribution in [0.15, 0.2) is 66.4 Å². The summed E-state index contributed by atoms with van der Waals surface area (Å²) in [6, 6.07) is 18.5. The number of benzene rings is 2. The van der Waals surface area contributed by atoms with Gasteiger partial charge in [-0.1, -0.05) is 69.2 Å². The summed E-state index contributed by atoms with van der Waals surface area (Å²) in [5, 5.41) is 0. The van der Waals surface area contributed by atoms with E-state index in [1.807, 2.05) is 48.4 Å². The third-order valence-electron chi connectivity index (χ3n) is 6.40. The number of rotatable bonds is 9. The van der Waals surface area contributed by atoms with Gasteiger partial charge >= 0.3 is 5.97 Å². The first-order chi connectivity index (χ1) is 16.1. The minimum atomic E-state index is -0.883. The maximum absolute atomic E-state index is 13.5. The average molecular weight is 464 g/mol. The second-order valence-corrected chi connectivity index (χ2v) is 8.83. The van der Waals surface area contributed by atoms with Gasteiger partial charge in [-0.15, -0.1) is 0 Å². The number of nitrogens with zero attached hydrogens (tertiary/aromatic N) is 3. The van der Waals surface area contributed by atoms with E-state index in [-0.39, 0.29) is 5.97 Å². The molecule has 0 N–H and O–H groups in total. The minimum Gasteiger partial charge on any atom is -0.462 e. The molecular formula is C27H33N3O2S. The largest absolute Gasteiger partial charge is 0.462 e. The molecule has 0 amide bonds. The van der Waals surface area contributed by atoms with Crippen molar-refractivity contribution in [2.45, 2.75) is 52.1 Å². The first-order valence-corrected chi connectivity index (χ1v) is 12.4. The number of ether oxygens (including phenoxy) is 1. The number of hydrogen-bond acceptors (Lipinski definition) is 5. The van der Waals surface area contributed by atoms with E-state index in [9.17, 15) is 4.79 Å². The molecule has 33 heavy (non-hydrogen) atoms. The summed E-state index contributed by atoms with van der Waals surface area (Å²) in [6.07, 6.45) is 6.01. The molecular weight excluding hydrogens is 430 g/mol. The van der Waals surface area contributed by atoms with Gasteiger partial charge in [-0.3, -0.25) is 0 Å². The van der Waals surface area contributed by atoms with Gasteiger partial charge in [0.15, 0.2) is 0 Å². The molecule has 2 heterocycles. The molecule has 0 radical (unpaired) electrons. The number of carbonyl (C=O) groups excluding carboxylic acids is 1. The molecule has 0 saturated carbocycles. The lowest BCUT2D eigenvalue weighted by Gasteiger charge is -2.45. The van der Waals surface area contributed by atoms with E-state index in [1.54, 1.807) is 0 Å². The second-order valence-electron chi connectivity index (χ2n) is 8.45. The number of thiocarbonyl (C=S) groups is 1. The molecule has 2 aromatic rings. The van der Waals surface area contributed by atoms with Gasteiger partial charge in [0.25, 0.3) is 0 Å². The summed E-state index contributed by atoms with van der Waals surface area (Å²) in [5.74, 6) is -0.311. The summed E-state index contributed by atoms with van der Waals surface area (Å²) in [5.41, 5.74) is 2.89. The first-order valence-electron chi connectivity index (χ1n) is 12.0. The fraction of sp³-hybridized carbons (Fsp3) is 0.407. The van der Waals surface area contributed by atoms with Crippen LogP contribution in [0, 0.1) is 0 Å². The standard InChI is InChI=1S/C27H33N3O2S/c1-4-7-18-29-23-16-12-13-17-24(23)30(19-8-5-2)27(29)22(25(31)32-6-3)20-28(26(27)33)21-14-10-9-11-15-21/h9-17,20H,4-8,18-19H2,1-3H3. The van der Waals surface area contributed by atoms with Crippen LogP contribution in [-0.2, 0) is 9.53 Å². The maximum Gasteiger partial charge on any atom is 0.340 e. The summed E-state index contributed by atoms with van der Waals surface area (Å²) in [4.78, 5) is 20.9. The van der Waals surface area contributed by atoms with Gasteiger partial charge in [0, 0.05) is 25.0 Å². The van der Waals surface area contributed by atoms with Crippen molar-refractivity contribution < 1.29 is 9.53 Å². The molecule has 0 saturated heterocycles. The predicted octanol–water partition coefficient (Wildman–Crippen LogP) is 5.90. The zero-order chi connectivity index (χ0) is 23.4. The zero-order valence-electron chi connectivity index (χ0n) is 19.8. The SMILES string of the molecule is CCCCN1c2ccccc2N(CCCC)C12C(=S)N(c1ccccc1)C=C2C(=O)OCC. The molecule has 2 aliphatic rings. The van der Waals surface area contributed by atoms with Gasteiger partial charge in [0.05, 0.1) is 18.0 Å². The smallest absolute Gasteiger partial charge is 0.340 e. The number of anilines is 3. The van der Waals surface area contributed by atoms with Crippen LogP contribution in [0.2, 0.25) is 0 Å². The fourth-order valence-electron chi connectivity index (χ4n) is 4.88. The average Bonchev–Trinajstić information content (AvgIpc) is 3.29. The van der Waals surface area contributed by atoms with E-state index in [0.29, 0.717) is 17.2 Å². The third-order valence-corrected chi connectivity index (χ3v) is 6.88. The Balaban J connectivity index is 1.94. The highest BCUT2D eigenvalue weighted by molar-refractivity contribution is 7.81. The number of unbranched alkanes of at least 4 members (excludes halogenated alkanes) is 2. The third kappa shape index (κ3) is 3.80. The van der Waals surface area contributed by atoms with Gasteiger partial charge in [0.1, 0.15) is 10.6 Å². The number of hydrogen-bond donors (Lipinski definition) is 0. The second kappa shape index (κ2) is 9.96. The Bertz CT molecular complexity index is 1000. The van der Waals surface area contributed by atoms with Crippen LogP contribution in [-0.4, -0.2) is 36.3 Å². The Morgan fingerprint density at radius 1 is 0.879 bits per heavy atom. The summed E-state index contributed by atoms with van der Waals surface area (Å²) < 4.78 is 5.60. The summed E-state index contributed by atoms with van der Waals surface area (Å²) in [6.45, 7) is 8.15. The molecule has 4 rings (SSSR count). The molecule has 174 valence electrons. The van der Waals surface area contributed by atoms with Crippen molar-refractivity contribution in [3.8, 4) is 0 Å². The molecule has 6 heteroatoms. The zero-order valence-corrected chi connectivity index (χ0v) is 20.6. The Morgan fingerprint density at radius 3 is 1.94 bits per heavy atom. The topological polar surface area (TPSA) is 36.0 Å².